The maximum atomic E-state index is 11.9. The molecule has 20 heavy (non-hydrogen) atoms. The topological polar surface area (TPSA) is 51.1 Å². The predicted octanol–water partition coefficient (Wildman–Crippen LogP) is 3.21. The van der Waals surface area contributed by atoms with Crippen molar-refractivity contribution in [1.29, 1.82) is 0 Å². The monoisotopic (exact) mass is 310 g/mol. The second-order valence-corrected chi connectivity index (χ2v) is 5.80. The van der Waals surface area contributed by atoms with Gasteiger partial charge in [0.25, 0.3) is 0 Å². The molecule has 0 saturated carbocycles. The van der Waals surface area contributed by atoms with E-state index in [0.717, 1.165) is 22.6 Å². The summed E-state index contributed by atoms with van der Waals surface area (Å²) in [6.07, 6.45) is 0.238. The van der Waals surface area contributed by atoms with Gasteiger partial charge in [0.1, 0.15) is 0 Å². The number of hydrogen-bond donors (Lipinski definition) is 1. The van der Waals surface area contributed by atoms with Crippen molar-refractivity contribution in [2.24, 2.45) is 0 Å². The van der Waals surface area contributed by atoms with Gasteiger partial charge in [-0.15, -0.1) is 0 Å². The number of hydrogen-bond acceptors (Lipinski definition) is 3. The lowest BCUT2D eigenvalue weighted by molar-refractivity contribution is -0.116. The number of halogens is 1. The zero-order valence-electron chi connectivity index (χ0n) is 11.3. The first-order chi connectivity index (χ1) is 9.47. The minimum absolute atomic E-state index is 0.0383. The van der Waals surface area contributed by atoms with Crippen molar-refractivity contribution < 1.29 is 4.79 Å². The van der Waals surface area contributed by atoms with Gasteiger partial charge >= 0.3 is 4.87 Å². The molecule has 0 spiro atoms. The predicted molar refractivity (Wildman–Crippen MR) is 82.8 cm³/mol. The van der Waals surface area contributed by atoms with Crippen LogP contribution in [0.4, 0.5) is 5.69 Å². The number of nitrogens with zero attached hydrogens (tertiary/aromatic N) is 1. The van der Waals surface area contributed by atoms with Crippen LogP contribution in [-0.2, 0) is 11.3 Å². The Morgan fingerprint density at radius 1 is 1.40 bits per heavy atom. The van der Waals surface area contributed by atoms with E-state index in [0.29, 0.717) is 17.3 Å². The molecular weight excluding hydrogens is 296 g/mol. The van der Waals surface area contributed by atoms with E-state index in [1.807, 2.05) is 19.9 Å². The maximum Gasteiger partial charge on any atom is 0.307 e. The summed E-state index contributed by atoms with van der Waals surface area (Å²) in [4.78, 5) is 23.4. The number of aryl methyl sites for hydroxylation is 2. The Morgan fingerprint density at radius 2 is 2.15 bits per heavy atom. The molecule has 1 aromatic heterocycles. The third-order valence-electron chi connectivity index (χ3n) is 2.94. The number of benzene rings is 1. The molecule has 0 atom stereocenters. The van der Waals surface area contributed by atoms with Gasteiger partial charge in [0, 0.05) is 24.0 Å². The summed E-state index contributed by atoms with van der Waals surface area (Å²) >= 11 is 7.20. The Kier molecular flexibility index (Phi) is 4.62. The zero-order valence-corrected chi connectivity index (χ0v) is 12.8. The summed E-state index contributed by atoms with van der Waals surface area (Å²) in [5, 5.41) is 5.06. The fourth-order valence-electron chi connectivity index (χ4n) is 1.82. The van der Waals surface area contributed by atoms with E-state index in [1.54, 1.807) is 22.1 Å². The normalized spacial score (nSPS) is 10.6. The average Bonchev–Trinajstić information content (AvgIpc) is 2.70. The molecule has 6 heteroatoms. The summed E-state index contributed by atoms with van der Waals surface area (Å²) < 4.78 is 1.60. The number of nitrogens with one attached hydrogen (secondary N) is 1. The summed E-state index contributed by atoms with van der Waals surface area (Å²) in [6.45, 7) is 4.17. The molecule has 0 fully saturated rings. The summed E-state index contributed by atoms with van der Waals surface area (Å²) in [5.74, 6) is -0.159. The van der Waals surface area contributed by atoms with Crippen LogP contribution < -0.4 is 10.2 Å². The average molecular weight is 311 g/mol. The summed E-state index contributed by atoms with van der Waals surface area (Å²) in [5.41, 5.74) is 2.51. The highest BCUT2D eigenvalue weighted by molar-refractivity contribution is 7.07. The molecular formula is C14H15ClN2O2S. The lowest BCUT2D eigenvalue weighted by atomic mass is 10.2. The highest BCUT2D eigenvalue weighted by Gasteiger charge is 2.08. The number of thiazole rings is 1. The van der Waals surface area contributed by atoms with Crippen molar-refractivity contribution in [1.82, 2.24) is 4.57 Å². The van der Waals surface area contributed by atoms with Crippen molar-refractivity contribution in [3.8, 4) is 0 Å². The van der Waals surface area contributed by atoms with Crippen LogP contribution >= 0.6 is 22.9 Å². The molecule has 0 bridgehead atoms. The van der Waals surface area contributed by atoms with E-state index in [4.69, 9.17) is 11.6 Å². The number of rotatable bonds is 4. The zero-order chi connectivity index (χ0) is 14.7. The highest BCUT2D eigenvalue weighted by Crippen LogP contribution is 2.22. The first-order valence-corrected chi connectivity index (χ1v) is 7.44. The Hall–Kier alpha value is -1.59. The van der Waals surface area contributed by atoms with Gasteiger partial charge in [-0.05, 0) is 31.5 Å². The van der Waals surface area contributed by atoms with E-state index in [2.05, 4.69) is 5.32 Å². The second-order valence-electron chi connectivity index (χ2n) is 4.58. The Bertz CT molecular complexity index is 691. The van der Waals surface area contributed by atoms with E-state index >= 15 is 0 Å². The SMILES string of the molecule is Cc1ccc(NC(=O)CCn2c(C)csc2=O)c(Cl)c1. The van der Waals surface area contributed by atoms with Gasteiger partial charge < -0.3 is 9.88 Å². The molecule has 4 nitrogen and oxygen atoms in total. The Balaban J connectivity index is 1.98. The smallest absolute Gasteiger partial charge is 0.307 e. The number of aromatic nitrogens is 1. The van der Waals surface area contributed by atoms with Gasteiger partial charge in [0.05, 0.1) is 10.7 Å². The number of anilines is 1. The Labute approximate surface area is 126 Å². The molecule has 2 aromatic rings. The van der Waals surface area contributed by atoms with Gasteiger partial charge in [-0.1, -0.05) is 29.0 Å². The van der Waals surface area contributed by atoms with Crippen LogP contribution in [0.15, 0.2) is 28.4 Å². The van der Waals surface area contributed by atoms with Gasteiger partial charge in [-0.25, -0.2) is 0 Å². The molecule has 1 N–H and O–H groups in total. The number of carbonyl (C=O) groups excluding carboxylic acids is 1. The molecule has 1 heterocycles. The van der Waals surface area contributed by atoms with Gasteiger partial charge in [0.15, 0.2) is 0 Å². The highest BCUT2D eigenvalue weighted by atomic mass is 35.5. The van der Waals surface area contributed by atoms with Gasteiger partial charge in [-0.3, -0.25) is 9.59 Å². The summed E-state index contributed by atoms with van der Waals surface area (Å²) in [6, 6.07) is 5.46. The molecule has 106 valence electrons. The molecule has 0 saturated heterocycles. The molecule has 1 aromatic carbocycles. The van der Waals surface area contributed by atoms with Crippen LogP contribution in [0.1, 0.15) is 17.7 Å². The van der Waals surface area contributed by atoms with Crippen LogP contribution in [0.2, 0.25) is 5.02 Å². The lowest BCUT2D eigenvalue weighted by Crippen LogP contribution is -2.20. The first-order valence-electron chi connectivity index (χ1n) is 6.18. The van der Waals surface area contributed by atoms with Gasteiger partial charge in [0.2, 0.25) is 5.91 Å². The van der Waals surface area contributed by atoms with E-state index in [1.165, 1.54) is 0 Å². The molecule has 0 aliphatic carbocycles. The fraction of sp³-hybridized carbons (Fsp3) is 0.286. The molecule has 0 radical (unpaired) electrons. The largest absolute Gasteiger partial charge is 0.325 e. The maximum absolute atomic E-state index is 11.9. The first kappa shape index (κ1) is 14.8. The van der Waals surface area contributed by atoms with Crippen LogP contribution in [0.5, 0.6) is 0 Å². The third-order valence-corrected chi connectivity index (χ3v) is 4.13. The van der Waals surface area contributed by atoms with Crippen molar-refractivity contribution in [2.45, 2.75) is 26.8 Å². The fourth-order valence-corrected chi connectivity index (χ4v) is 2.87. The molecule has 0 unspecified atom stereocenters. The quantitative estimate of drug-likeness (QED) is 0.942. The second kappa shape index (κ2) is 6.24. The lowest BCUT2D eigenvalue weighted by Gasteiger charge is -2.08. The third kappa shape index (κ3) is 3.49. The number of amides is 1. The van der Waals surface area contributed by atoms with Crippen LogP contribution in [0, 0.1) is 13.8 Å². The van der Waals surface area contributed by atoms with E-state index in [9.17, 15) is 9.59 Å². The Morgan fingerprint density at radius 3 is 2.75 bits per heavy atom. The minimum atomic E-state index is -0.159. The van der Waals surface area contributed by atoms with Crippen LogP contribution in [0.3, 0.4) is 0 Å². The minimum Gasteiger partial charge on any atom is -0.325 e. The van der Waals surface area contributed by atoms with Crippen molar-refractivity contribution in [2.75, 3.05) is 5.32 Å². The number of carbonyl (C=O) groups is 1. The molecule has 2 rings (SSSR count). The standard InChI is InChI=1S/C14H15ClN2O2S/c1-9-3-4-12(11(15)7-9)16-13(18)5-6-17-10(2)8-20-14(17)19/h3-4,7-8H,5-6H2,1-2H3,(H,16,18). The summed E-state index contributed by atoms with van der Waals surface area (Å²) in [7, 11) is 0. The van der Waals surface area contributed by atoms with Crippen molar-refractivity contribution in [3.05, 3.63) is 49.5 Å². The van der Waals surface area contributed by atoms with E-state index in [-0.39, 0.29) is 17.2 Å². The van der Waals surface area contributed by atoms with E-state index < -0.39 is 0 Å². The van der Waals surface area contributed by atoms with Gasteiger partial charge in [-0.2, -0.15) is 0 Å². The van der Waals surface area contributed by atoms with Crippen molar-refractivity contribution in [3.63, 3.8) is 0 Å². The van der Waals surface area contributed by atoms with Crippen LogP contribution in [0.25, 0.3) is 0 Å². The van der Waals surface area contributed by atoms with Crippen LogP contribution in [-0.4, -0.2) is 10.5 Å². The molecule has 0 aliphatic rings. The molecule has 0 aliphatic heterocycles. The molecule has 1 amide bonds. The van der Waals surface area contributed by atoms with Crippen molar-refractivity contribution >= 4 is 34.5 Å².